The minimum absolute atomic E-state index is 0.493. The molecule has 0 radical (unpaired) electrons. The first kappa shape index (κ1) is 14.5. The van der Waals surface area contributed by atoms with E-state index in [4.69, 9.17) is 11.6 Å². The van der Waals surface area contributed by atoms with Crippen molar-refractivity contribution in [3.63, 3.8) is 0 Å². The average Bonchev–Trinajstić information content (AvgIpc) is 2.58. The molecule has 1 N–H and O–H groups in total. The van der Waals surface area contributed by atoms with Crippen LogP contribution in [0, 0.1) is 0 Å². The topological polar surface area (TPSA) is 28.2 Å². The lowest BCUT2D eigenvalue weighted by atomic mass is 10.2. The fourth-order valence-corrected chi connectivity index (χ4v) is 2.43. The maximum Gasteiger partial charge on any atom is 0.186 e. The van der Waals surface area contributed by atoms with E-state index < -0.39 is 0 Å². The van der Waals surface area contributed by atoms with Gasteiger partial charge in [0.25, 0.3) is 0 Å². The molecule has 17 heavy (non-hydrogen) atoms. The molecular formula is C12H20ClN3S. The SMILES string of the molecule is CC(=Cc1sc(N(C)C)nc1Cl)CNC(C)C. The van der Waals surface area contributed by atoms with E-state index in [0.717, 1.165) is 16.6 Å². The molecule has 0 atom stereocenters. The molecule has 1 aromatic heterocycles. The minimum atomic E-state index is 0.493. The number of aromatic nitrogens is 1. The number of nitrogens with one attached hydrogen (secondary N) is 1. The Labute approximate surface area is 112 Å². The minimum Gasteiger partial charge on any atom is -0.354 e. The number of thiazole rings is 1. The number of rotatable bonds is 5. The van der Waals surface area contributed by atoms with Crippen LogP contribution in [0.25, 0.3) is 6.08 Å². The molecule has 0 spiro atoms. The highest BCUT2D eigenvalue weighted by molar-refractivity contribution is 7.17. The van der Waals surface area contributed by atoms with Gasteiger partial charge in [0.2, 0.25) is 0 Å². The highest BCUT2D eigenvalue weighted by atomic mass is 35.5. The van der Waals surface area contributed by atoms with Crippen LogP contribution in [-0.2, 0) is 0 Å². The van der Waals surface area contributed by atoms with Gasteiger partial charge in [-0.25, -0.2) is 4.98 Å². The maximum absolute atomic E-state index is 6.10. The Morgan fingerprint density at radius 2 is 2.18 bits per heavy atom. The third-order valence-corrected chi connectivity index (χ3v) is 3.72. The van der Waals surface area contributed by atoms with Crippen molar-refractivity contribution in [1.82, 2.24) is 10.3 Å². The smallest absolute Gasteiger partial charge is 0.186 e. The second kappa shape index (κ2) is 6.38. The Morgan fingerprint density at radius 1 is 1.53 bits per heavy atom. The molecule has 1 heterocycles. The van der Waals surface area contributed by atoms with Crippen LogP contribution in [0.3, 0.4) is 0 Å². The van der Waals surface area contributed by atoms with E-state index >= 15 is 0 Å². The largest absolute Gasteiger partial charge is 0.354 e. The van der Waals surface area contributed by atoms with Crippen LogP contribution < -0.4 is 10.2 Å². The zero-order valence-corrected chi connectivity index (χ0v) is 12.6. The predicted octanol–water partition coefficient (Wildman–Crippen LogP) is 3.26. The van der Waals surface area contributed by atoms with E-state index in [9.17, 15) is 0 Å². The van der Waals surface area contributed by atoms with Gasteiger partial charge in [-0.05, 0) is 13.0 Å². The molecule has 0 aliphatic carbocycles. The Morgan fingerprint density at radius 3 is 2.65 bits per heavy atom. The zero-order valence-electron chi connectivity index (χ0n) is 11.0. The van der Waals surface area contributed by atoms with Gasteiger partial charge >= 0.3 is 0 Å². The molecule has 0 aliphatic heterocycles. The van der Waals surface area contributed by atoms with E-state index in [-0.39, 0.29) is 0 Å². The molecule has 3 nitrogen and oxygen atoms in total. The fourth-order valence-electron chi connectivity index (χ4n) is 1.22. The normalized spacial score (nSPS) is 12.3. The van der Waals surface area contributed by atoms with E-state index in [1.165, 1.54) is 5.57 Å². The van der Waals surface area contributed by atoms with Crippen molar-refractivity contribution in [2.45, 2.75) is 26.8 Å². The number of anilines is 1. The molecular weight excluding hydrogens is 254 g/mol. The third-order valence-electron chi connectivity index (χ3n) is 2.15. The number of nitrogens with zero attached hydrogens (tertiary/aromatic N) is 2. The summed E-state index contributed by atoms with van der Waals surface area (Å²) in [5.74, 6) is 0. The Balaban J connectivity index is 2.75. The lowest BCUT2D eigenvalue weighted by Crippen LogP contribution is -2.24. The molecule has 0 amide bonds. The van der Waals surface area contributed by atoms with Crippen molar-refractivity contribution in [3.8, 4) is 0 Å². The summed E-state index contributed by atoms with van der Waals surface area (Å²) < 4.78 is 0. The Bertz CT molecular complexity index is 396. The summed E-state index contributed by atoms with van der Waals surface area (Å²) in [6, 6.07) is 0.493. The molecule has 1 aromatic rings. The van der Waals surface area contributed by atoms with Crippen molar-refractivity contribution < 1.29 is 0 Å². The first-order valence-electron chi connectivity index (χ1n) is 5.64. The van der Waals surface area contributed by atoms with E-state index in [0.29, 0.717) is 11.2 Å². The van der Waals surface area contributed by atoms with Crippen LogP contribution in [-0.4, -0.2) is 31.7 Å². The van der Waals surface area contributed by atoms with Crippen molar-refractivity contribution in [3.05, 3.63) is 15.6 Å². The van der Waals surface area contributed by atoms with Crippen LogP contribution in [0.1, 0.15) is 25.6 Å². The summed E-state index contributed by atoms with van der Waals surface area (Å²) >= 11 is 7.71. The van der Waals surface area contributed by atoms with Crippen LogP contribution in [0.2, 0.25) is 5.15 Å². The second-order valence-electron chi connectivity index (χ2n) is 4.57. The monoisotopic (exact) mass is 273 g/mol. The molecule has 0 unspecified atom stereocenters. The quantitative estimate of drug-likeness (QED) is 0.893. The Hall–Kier alpha value is -0.580. The number of halogens is 1. The third kappa shape index (κ3) is 4.66. The molecule has 5 heteroatoms. The van der Waals surface area contributed by atoms with Crippen LogP contribution >= 0.6 is 22.9 Å². The molecule has 0 aliphatic rings. The molecule has 0 fully saturated rings. The molecule has 0 bridgehead atoms. The van der Waals surface area contributed by atoms with Crippen LogP contribution in [0.15, 0.2) is 5.57 Å². The van der Waals surface area contributed by atoms with Gasteiger partial charge in [-0.2, -0.15) is 0 Å². The van der Waals surface area contributed by atoms with Gasteiger partial charge in [-0.15, -0.1) is 0 Å². The predicted molar refractivity (Wildman–Crippen MR) is 78.2 cm³/mol. The highest BCUT2D eigenvalue weighted by Gasteiger charge is 2.08. The number of hydrogen-bond acceptors (Lipinski definition) is 4. The number of hydrogen-bond donors (Lipinski definition) is 1. The summed E-state index contributed by atoms with van der Waals surface area (Å²) in [6.07, 6.45) is 2.10. The Kier molecular flexibility index (Phi) is 5.43. The van der Waals surface area contributed by atoms with Gasteiger partial charge in [-0.3, -0.25) is 0 Å². The summed E-state index contributed by atoms with van der Waals surface area (Å²) in [6.45, 7) is 7.25. The van der Waals surface area contributed by atoms with Crippen molar-refractivity contribution in [2.24, 2.45) is 0 Å². The highest BCUT2D eigenvalue weighted by Crippen LogP contribution is 2.30. The maximum atomic E-state index is 6.10. The zero-order chi connectivity index (χ0) is 13.0. The second-order valence-corrected chi connectivity index (χ2v) is 5.94. The summed E-state index contributed by atoms with van der Waals surface area (Å²) in [7, 11) is 3.94. The van der Waals surface area contributed by atoms with Gasteiger partial charge in [0.1, 0.15) is 5.15 Å². The summed E-state index contributed by atoms with van der Waals surface area (Å²) in [4.78, 5) is 7.30. The van der Waals surface area contributed by atoms with Gasteiger partial charge in [0.05, 0.1) is 4.88 Å². The van der Waals surface area contributed by atoms with Gasteiger partial charge in [-0.1, -0.05) is 42.4 Å². The van der Waals surface area contributed by atoms with Gasteiger partial charge in [0.15, 0.2) is 5.13 Å². The first-order chi connectivity index (χ1) is 7.90. The fraction of sp³-hybridized carbons (Fsp3) is 0.583. The van der Waals surface area contributed by atoms with Gasteiger partial charge in [0, 0.05) is 26.7 Å². The first-order valence-corrected chi connectivity index (χ1v) is 6.83. The van der Waals surface area contributed by atoms with Crippen LogP contribution in [0.5, 0.6) is 0 Å². The van der Waals surface area contributed by atoms with E-state index in [2.05, 4.69) is 37.1 Å². The molecule has 0 aromatic carbocycles. The molecule has 0 saturated heterocycles. The summed E-state index contributed by atoms with van der Waals surface area (Å²) in [5, 5.41) is 4.90. The summed E-state index contributed by atoms with van der Waals surface area (Å²) in [5.41, 5.74) is 1.26. The van der Waals surface area contributed by atoms with Crippen molar-refractivity contribution in [1.29, 1.82) is 0 Å². The van der Waals surface area contributed by atoms with Gasteiger partial charge < -0.3 is 10.2 Å². The molecule has 96 valence electrons. The standard InChI is InChI=1S/C12H20ClN3S/c1-8(2)14-7-9(3)6-10-11(13)15-12(17-10)16(4)5/h6,8,14H,7H2,1-5H3. The average molecular weight is 274 g/mol. The van der Waals surface area contributed by atoms with E-state index in [1.807, 2.05) is 19.0 Å². The molecule has 0 saturated carbocycles. The molecule has 1 rings (SSSR count). The van der Waals surface area contributed by atoms with E-state index in [1.54, 1.807) is 11.3 Å². The lowest BCUT2D eigenvalue weighted by Gasteiger charge is -2.07. The van der Waals surface area contributed by atoms with Crippen molar-refractivity contribution >= 4 is 34.1 Å². The van der Waals surface area contributed by atoms with Crippen LogP contribution in [0.4, 0.5) is 5.13 Å². The van der Waals surface area contributed by atoms with Crippen molar-refractivity contribution in [2.75, 3.05) is 25.5 Å². The lowest BCUT2D eigenvalue weighted by molar-refractivity contribution is 0.623.